The molecule has 1 heterocycles. The van der Waals surface area contributed by atoms with E-state index in [2.05, 4.69) is 10.6 Å². The Balaban J connectivity index is 1.51. The van der Waals surface area contributed by atoms with Crippen LogP contribution in [0.3, 0.4) is 0 Å². The highest BCUT2D eigenvalue weighted by Gasteiger charge is 2.33. The molecule has 3 aromatic carbocycles. The van der Waals surface area contributed by atoms with E-state index in [1.807, 2.05) is 31.2 Å². The number of aryl methyl sites for hydroxylation is 1. The summed E-state index contributed by atoms with van der Waals surface area (Å²) >= 11 is 5.36. The van der Waals surface area contributed by atoms with Gasteiger partial charge in [-0.2, -0.15) is 0 Å². The molecule has 0 saturated carbocycles. The average Bonchev–Trinajstić information content (AvgIpc) is 2.79. The van der Waals surface area contributed by atoms with E-state index in [1.165, 1.54) is 34.6 Å². The average molecular weight is 486 g/mol. The van der Waals surface area contributed by atoms with Crippen LogP contribution in [0.4, 0.5) is 21.5 Å². The number of nitrogens with zero attached hydrogens (tertiary/aromatic N) is 1. The Kier molecular flexibility index (Phi) is 6.53. The van der Waals surface area contributed by atoms with Gasteiger partial charge in [-0.1, -0.05) is 6.07 Å². The Bertz CT molecular complexity index is 1280. The summed E-state index contributed by atoms with van der Waals surface area (Å²) in [6.45, 7) is 1.86. The lowest BCUT2D eigenvalue weighted by molar-refractivity contribution is 0.415. The van der Waals surface area contributed by atoms with E-state index >= 15 is 0 Å². The molecular formula is C24H24FN3O3S2. The van der Waals surface area contributed by atoms with Crippen molar-refractivity contribution in [2.45, 2.75) is 30.7 Å². The number of halogens is 1. The molecule has 0 unspecified atom stereocenters. The van der Waals surface area contributed by atoms with Crippen molar-refractivity contribution in [1.29, 1.82) is 0 Å². The van der Waals surface area contributed by atoms with Gasteiger partial charge in [0.1, 0.15) is 11.6 Å². The molecule has 3 aromatic rings. The highest BCUT2D eigenvalue weighted by Crippen LogP contribution is 2.36. The van der Waals surface area contributed by atoms with Gasteiger partial charge in [-0.15, -0.1) is 0 Å². The second-order valence-corrected chi connectivity index (χ2v) is 10.0. The number of hydrogen-bond acceptors (Lipinski definition) is 4. The van der Waals surface area contributed by atoms with Gasteiger partial charge in [0.2, 0.25) is 0 Å². The van der Waals surface area contributed by atoms with Crippen molar-refractivity contribution in [1.82, 2.24) is 0 Å². The molecule has 4 rings (SSSR count). The smallest absolute Gasteiger partial charge is 0.264 e. The highest BCUT2D eigenvalue weighted by molar-refractivity contribution is 7.92. The quantitative estimate of drug-likeness (QED) is 0.486. The van der Waals surface area contributed by atoms with Gasteiger partial charge >= 0.3 is 0 Å². The fourth-order valence-corrected chi connectivity index (χ4v) is 5.83. The van der Waals surface area contributed by atoms with Crippen molar-refractivity contribution in [2.75, 3.05) is 22.0 Å². The molecule has 0 amide bonds. The van der Waals surface area contributed by atoms with Crippen LogP contribution in [-0.4, -0.2) is 26.7 Å². The fraction of sp³-hybridized carbons (Fsp3) is 0.208. The van der Waals surface area contributed by atoms with E-state index in [0.29, 0.717) is 40.6 Å². The molecule has 6 nitrogen and oxygen atoms in total. The van der Waals surface area contributed by atoms with Gasteiger partial charge in [0.25, 0.3) is 10.0 Å². The largest absolute Gasteiger partial charge is 0.497 e. The van der Waals surface area contributed by atoms with Crippen molar-refractivity contribution < 1.29 is 17.5 Å². The Hall–Kier alpha value is -3.17. The van der Waals surface area contributed by atoms with Crippen molar-refractivity contribution in [3.05, 3.63) is 78.1 Å². The van der Waals surface area contributed by atoms with Crippen LogP contribution in [0.2, 0.25) is 0 Å². The molecule has 172 valence electrons. The summed E-state index contributed by atoms with van der Waals surface area (Å²) in [7, 11) is -2.23. The van der Waals surface area contributed by atoms with Crippen molar-refractivity contribution >= 4 is 44.4 Å². The number of nitrogens with one attached hydrogen (secondary N) is 2. The van der Waals surface area contributed by atoms with Gasteiger partial charge in [0.05, 0.1) is 17.7 Å². The molecule has 0 aromatic heterocycles. The first-order valence-corrected chi connectivity index (χ1v) is 12.3. The summed E-state index contributed by atoms with van der Waals surface area (Å²) in [6.07, 6.45) is 1.26. The Morgan fingerprint density at radius 2 is 1.79 bits per heavy atom. The van der Waals surface area contributed by atoms with Crippen LogP contribution in [0.15, 0.2) is 71.6 Å². The molecule has 1 atom stereocenters. The Morgan fingerprint density at radius 1 is 1.06 bits per heavy atom. The van der Waals surface area contributed by atoms with E-state index in [4.69, 9.17) is 17.0 Å². The van der Waals surface area contributed by atoms with E-state index < -0.39 is 10.0 Å². The maximum absolute atomic E-state index is 13.7. The molecule has 0 fully saturated rings. The van der Waals surface area contributed by atoms with Crippen LogP contribution in [0.1, 0.15) is 18.9 Å². The summed E-state index contributed by atoms with van der Waals surface area (Å²) < 4.78 is 47.1. The summed E-state index contributed by atoms with van der Waals surface area (Å²) in [4.78, 5) is 0.156. The Labute approximate surface area is 198 Å². The molecule has 0 radical (unpaired) electrons. The molecule has 2 N–H and O–H groups in total. The molecule has 0 spiro atoms. The molecule has 9 heteroatoms. The minimum atomic E-state index is -3.82. The molecule has 1 aliphatic heterocycles. The third kappa shape index (κ3) is 4.94. The van der Waals surface area contributed by atoms with Crippen LogP contribution >= 0.6 is 12.2 Å². The van der Waals surface area contributed by atoms with Crippen molar-refractivity contribution in [3.8, 4) is 5.75 Å². The van der Waals surface area contributed by atoms with Crippen LogP contribution < -0.4 is 19.7 Å². The van der Waals surface area contributed by atoms with Gasteiger partial charge in [-0.05, 0) is 92.1 Å². The zero-order valence-electron chi connectivity index (χ0n) is 18.2. The second kappa shape index (κ2) is 9.36. The summed E-state index contributed by atoms with van der Waals surface area (Å²) in [5.41, 5.74) is 2.63. The van der Waals surface area contributed by atoms with Gasteiger partial charge in [0.15, 0.2) is 5.11 Å². The number of rotatable bonds is 5. The number of hydrogen-bond donors (Lipinski definition) is 2. The number of fused-ring (bicyclic) bond motifs is 1. The van der Waals surface area contributed by atoms with E-state index in [0.717, 1.165) is 5.69 Å². The minimum Gasteiger partial charge on any atom is -0.497 e. The third-order valence-corrected chi connectivity index (χ3v) is 7.65. The van der Waals surface area contributed by atoms with Gasteiger partial charge in [-0.25, -0.2) is 12.8 Å². The molecule has 0 saturated heterocycles. The van der Waals surface area contributed by atoms with E-state index in [1.54, 1.807) is 19.2 Å². The van der Waals surface area contributed by atoms with Gasteiger partial charge in [0, 0.05) is 23.5 Å². The lowest BCUT2D eigenvalue weighted by Crippen LogP contribution is -2.42. The zero-order chi connectivity index (χ0) is 23.6. The first-order valence-electron chi connectivity index (χ1n) is 10.4. The second-order valence-electron chi connectivity index (χ2n) is 7.80. The first-order chi connectivity index (χ1) is 15.8. The lowest BCUT2D eigenvalue weighted by atomic mass is 9.99. The van der Waals surface area contributed by atoms with Crippen molar-refractivity contribution in [3.63, 3.8) is 0 Å². The van der Waals surface area contributed by atoms with E-state index in [-0.39, 0.29) is 16.8 Å². The number of ether oxygens (including phenoxy) is 1. The normalized spacial score (nSPS) is 15.5. The van der Waals surface area contributed by atoms with Crippen LogP contribution in [0.25, 0.3) is 0 Å². The monoisotopic (exact) mass is 485 g/mol. The molecule has 0 aliphatic carbocycles. The number of methoxy groups -OCH3 is 1. The maximum atomic E-state index is 13.7. The molecule has 0 bridgehead atoms. The molecular weight excluding hydrogens is 461 g/mol. The third-order valence-electron chi connectivity index (χ3n) is 5.51. The first kappa shape index (κ1) is 23.0. The topological polar surface area (TPSA) is 70.7 Å². The maximum Gasteiger partial charge on any atom is 0.264 e. The number of benzene rings is 3. The predicted octanol–water partition coefficient (Wildman–Crippen LogP) is 5.17. The highest BCUT2D eigenvalue weighted by atomic mass is 32.2. The Morgan fingerprint density at radius 3 is 2.52 bits per heavy atom. The molecule has 33 heavy (non-hydrogen) atoms. The van der Waals surface area contributed by atoms with E-state index in [9.17, 15) is 12.8 Å². The standard InChI is InChI=1S/C24H24FN3O3S2/c1-16-6-7-17-14-18(25)8-13-23(17)28(16)33(29,30)22-11-9-19(10-12-22)26-24(32)27-20-4-3-5-21(15-20)31-2/h3-5,8-16H,6-7H2,1-2H3,(H2,26,27,32)/t16-/m1/s1. The number of thiocarbonyl (C=S) groups is 1. The predicted molar refractivity (Wildman–Crippen MR) is 133 cm³/mol. The van der Waals surface area contributed by atoms with Gasteiger partial charge in [-0.3, -0.25) is 4.31 Å². The minimum absolute atomic E-state index is 0.156. The fourth-order valence-electron chi connectivity index (χ4n) is 3.87. The number of anilines is 3. The van der Waals surface area contributed by atoms with Crippen LogP contribution in [0.5, 0.6) is 5.75 Å². The lowest BCUT2D eigenvalue weighted by Gasteiger charge is -2.36. The number of sulfonamides is 1. The zero-order valence-corrected chi connectivity index (χ0v) is 19.8. The summed E-state index contributed by atoms with van der Waals surface area (Å²) in [6, 6.07) is 17.8. The van der Waals surface area contributed by atoms with Gasteiger partial charge < -0.3 is 15.4 Å². The summed E-state index contributed by atoms with van der Waals surface area (Å²) in [5.74, 6) is 0.336. The van der Waals surface area contributed by atoms with Crippen LogP contribution in [0, 0.1) is 5.82 Å². The van der Waals surface area contributed by atoms with Crippen molar-refractivity contribution in [2.24, 2.45) is 0 Å². The molecule has 1 aliphatic rings. The SMILES string of the molecule is COc1cccc(NC(=S)Nc2ccc(S(=O)(=O)N3c4ccc(F)cc4CC[C@H]3C)cc2)c1. The summed E-state index contributed by atoms with van der Waals surface area (Å²) in [5, 5.41) is 6.47. The van der Waals surface area contributed by atoms with Crippen LogP contribution in [-0.2, 0) is 16.4 Å².